The van der Waals surface area contributed by atoms with Crippen LogP contribution in [0.4, 0.5) is 11.4 Å². The molecule has 24 heavy (non-hydrogen) atoms. The molecule has 1 atom stereocenters. The summed E-state index contributed by atoms with van der Waals surface area (Å²) >= 11 is 12.2. The molecule has 0 heterocycles. The molecule has 1 unspecified atom stereocenters. The van der Waals surface area contributed by atoms with Crippen molar-refractivity contribution in [1.82, 2.24) is 0 Å². The molecule has 0 aliphatic carbocycles. The van der Waals surface area contributed by atoms with Crippen LogP contribution in [-0.2, 0) is 6.42 Å². The van der Waals surface area contributed by atoms with Gasteiger partial charge in [0.1, 0.15) is 0 Å². The number of hydrogen-bond acceptors (Lipinski definition) is 1. The van der Waals surface area contributed by atoms with Crippen LogP contribution in [0.1, 0.15) is 12.5 Å². The van der Waals surface area contributed by atoms with E-state index in [4.69, 9.17) is 23.2 Å². The Kier molecular flexibility index (Phi) is 5.44. The summed E-state index contributed by atoms with van der Waals surface area (Å²) in [4.78, 5) is 2.35. The van der Waals surface area contributed by atoms with Crippen LogP contribution in [0.3, 0.4) is 0 Å². The Labute approximate surface area is 153 Å². The lowest BCUT2D eigenvalue weighted by atomic mass is 10.0. The van der Waals surface area contributed by atoms with Crippen molar-refractivity contribution in [3.8, 4) is 0 Å². The maximum Gasteiger partial charge on any atom is 0.0595 e. The van der Waals surface area contributed by atoms with E-state index in [1.807, 2.05) is 30.3 Å². The second kappa shape index (κ2) is 7.74. The monoisotopic (exact) mass is 355 g/mol. The number of rotatable bonds is 5. The van der Waals surface area contributed by atoms with Gasteiger partial charge in [0, 0.05) is 17.4 Å². The second-order valence-electron chi connectivity index (χ2n) is 5.84. The van der Waals surface area contributed by atoms with Gasteiger partial charge < -0.3 is 4.90 Å². The predicted molar refractivity (Wildman–Crippen MR) is 105 cm³/mol. The fourth-order valence-electron chi connectivity index (χ4n) is 2.93. The number of halogens is 2. The quantitative estimate of drug-likeness (QED) is 0.488. The molecule has 0 aliphatic rings. The summed E-state index contributed by atoms with van der Waals surface area (Å²) in [5.41, 5.74) is 3.53. The molecule has 0 aliphatic heterocycles. The van der Waals surface area contributed by atoms with E-state index in [1.54, 1.807) is 0 Å². The minimum absolute atomic E-state index is 0.270. The van der Waals surface area contributed by atoms with Crippen LogP contribution in [0.15, 0.2) is 78.9 Å². The van der Waals surface area contributed by atoms with Gasteiger partial charge in [0.15, 0.2) is 0 Å². The smallest absolute Gasteiger partial charge is 0.0595 e. The van der Waals surface area contributed by atoms with Crippen molar-refractivity contribution >= 4 is 34.6 Å². The van der Waals surface area contributed by atoms with E-state index in [2.05, 4.69) is 60.4 Å². The molecule has 1 nitrogen and oxygen atoms in total. The van der Waals surface area contributed by atoms with Gasteiger partial charge in [0.25, 0.3) is 0 Å². The van der Waals surface area contributed by atoms with E-state index >= 15 is 0 Å². The first kappa shape index (κ1) is 16.9. The van der Waals surface area contributed by atoms with Gasteiger partial charge in [0.05, 0.1) is 10.0 Å². The Morgan fingerprint density at radius 1 is 0.750 bits per heavy atom. The van der Waals surface area contributed by atoms with Crippen LogP contribution in [0, 0.1) is 0 Å². The summed E-state index contributed by atoms with van der Waals surface area (Å²) in [5.74, 6) is 0. The molecular formula is C21H19Cl2N. The van der Waals surface area contributed by atoms with Crippen LogP contribution in [-0.4, -0.2) is 6.04 Å². The van der Waals surface area contributed by atoms with Crippen molar-refractivity contribution in [1.29, 1.82) is 0 Å². The lowest BCUT2D eigenvalue weighted by Gasteiger charge is -2.32. The third kappa shape index (κ3) is 3.92. The lowest BCUT2D eigenvalue weighted by Crippen LogP contribution is -2.30. The molecule has 0 amide bonds. The van der Waals surface area contributed by atoms with Crippen molar-refractivity contribution in [2.75, 3.05) is 4.90 Å². The average Bonchev–Trinajstić information content (AvgIpc) is 2.60. The van der Waals surface area contributed by atoms with Gasteiger partial charge in [0.2, 0.25) is 0 Å². The minimum atomic E-state index is 0.270. The molecule has 0 radical (unpaired) electrons. The summed E-state index contributed by atoms with van der Waals surface area (Å²) in [5, 5.41) is 1.20. The van der Waals surface area contributed by atoms with Crippen molar-refractivity contribution in [3.05, 3.63) is 94.5 Å². The topological polar surface area (TPSA) is 3.24 Å². The Morgan fingerprint density at radius 2 is 1.29 bits per heavy atom. The van der Waals surface area contributed by atoms with Gasteiger partial charge in [-0.05, 0) is 55.3 Å². The Hall–Kier alpha value is -1.96. The molecule has 0 N–H and O–H groups in total. The summed E-state index contributed by atoms with van der Waals surface area (Å²) in [7, 11) is 0. The van der Waals surface area contributed by atoms with Crippen molar-refractivity contribution in [2.45, 2.75) is 19.4 Å². The molecule has 122 valence electrons. The first-order valence-corrected chi connectivity index (χ1v) is 8.74. The highest BCUT2D eigenvalue weighted by Crippen LogP contribution is 2.30. The van der Waals surface area contributed by atoms with Gasteiger partial charge in [-0.1, -0.05) is 65.7 Å². The third-order valence-electron chi connectivity index (χ3n) is 4.02. The summed E-state index contributed by atoms with van der Waals surface area (Å²) in [6, 6.07) is 27.0. The molecule has 0 bridgehead atoms. The van der Waals surface area contributed by atoms with Gasteiger partial charge in [-0.15, -0.1) is 0 Å². The van der Waals surface area contributed by atoms with Crippen molar-refractivity contribution < 1.29 is 0 Å². The molecular weight excluding hydrogens is 337 g/mol. The molecule has 0 saturated carbocycles. The highest BCUT2D eigenvalue weighted by molar-refractivity contribution is 6.42. The second-order valence-corrected chi connectivity index (χ2v) is 6.66. The van der Waals surface area contributed by atoms with Gasteiger partial charge in [-0.25, -0.2) is 0 Å². The maximum atomic E-state index is 6.17. The van der Waals surface area contributed by atoms with Crippen LogP contribution >= 0.6 is 23.2 Å². The molecule has 0 fully saturated rings. The average molecular weight is 356 g/mol. The van der Waals surface area contributed by atoms with Gasteiger partial charge in [-0.3, -0.25) is 0 Å². The van der Waals surface area contributed by atoms with Crippen LogP contribution in [0.25, 0.3) is 0 Å². The highest BCUT2D eigenvalue weighted by Gasteiger charge is 2.17. The summed E-state index contributed by atoms with van der Waals surface area (Å²) in [6.45, 7) is 2.22. The zero-order valence-electron chi connectivity index (χ0n) is 13.5. The van der Waals surface area contributed by atoms with Crippen LogP contribution < -0.4 is 4.90 Å². The van der Waals surface area contributed by atoms with Crippen molar-refractivity contribution in [3.63, 3.8) is 0 Å². The van der Waals surface area contributed by atoms with Gasteiger partial charge in [-0.2, -0.15) is 0 Å². The fraction of sp³-hybridized carbons (Fsp3) is 0.143. The largest absolute Gasteiger partial charge is 0.338 e. The normalized spacial score (nSPS) is 12.0. The molecule has 3 heteroatoms. The number of anilines is 2. The minimum Gasteiger partial charge on any atom is -0.338 e. The van der Waals surface area contributed by atoms with E-state index < -0.39 is 0 Å². The molecule has 0 saturated heterocycles. The maximum absolute atomic E-state index is 6.17. The molecule has 0 spiro atoms. The Morgan fingerprint density at radius 3 is 1.79 bits per heavy atom. The van der Waals surface area contributed by atoms with E-state index in [0.29, 0.717) is 10.0 Å². The number of hydrogen-bond donors (Lipinski definition) is 0. The van der Waals surface area contributed by atoms with E-state index in [1.165, 1.54) is 16.9 Å². The zero-order valence-corrected chi connectivity index (χ0v) is 15.0. The standard InChI is InChI=1S/C21H19Cl2N/c1-16(14-17-12-13-20(22)21(23)15-17)24(18-8-4-2-5-9-18)19-10-6-3-7-11-19/h2-13,15-16H,14H2,1H3. The first-order valence-electron chi connectivity index (χ1n) is 7.98. The highest BCUT2D eigenvalue weighted by atomic mass is 35.5. The molecule has 3 aromatic rings. The summed E-state index contributed by atoms with van der Waals surface area (Å²) in [6.07, 6.45) is 0.876. The van der Waals surface area contributed by atoms with Crippen molar-refractivity contribution in [2.24, 2.45) is 0 Å². The number of nitrogens with zero attached hydrogens (tertiary/aromatic N) is 1. The Balaban J connectivity index is 1.91. The summed E-state index contributed by atoms with van der Waals surface area (Å²) < 4.78 is 0. The van der Waals surface area contributed by atoms with E-state index in [9.17, 15) is 0 Å². The number of benzene rings is 3. The zero-order chi connectivity index (χ0) is 16.9. The van der Waals surface area contributed by atoms with E-state index in [0.717, 1.165) is 6.42 Å². The van der Waals surface area contributed by atoms with Gasteiger partial charge >= 0.3 is 0 Å². The third-order valence-corrected chi connectivity index (χ3v) is 4.76. The predicted octanol–water partition coefficient (Wildman–Crippen LogP) is 6.76. The number of para-hydroxylation sites is 2. The molecule has 0 aromatic heterocycles. The molecule has 3 aromatic carbocycles. The fourth-order valence-corrected chi connectivity index (χ4v) is 3.25. The first-order chi connectivity index (χ1) is 11.6. The van der Waals surface area contributed by atoms with Crippen LogP contribution in [0.2, 0.25) is 10.0 Å². The lowest BCUT2D eigenvalue weighted by molar-refractivity contribution is 0.708. The van der Waals surface area contributed by atoms with E-state index in [-0.39, 0.29) is 6.04 Å². The Bertz CT molecular complexity index is 748. The van der Waals surface area contributed by atoms with Crippen LogP contribution in [0.5, 0.6) is 0 Å². The SMILES string of the molecule is CC(Cc1ccc(Cl)c(Cl)c1)N(c1ccccc1)c1ccccc1. The molecule has 3 rings (SSSR count).